The first-order valence-electron chi connectivity index (χ1n) is 25.8. The second-order valence-electron chi connectivity index (χ2n) is 17.1. The minimum absolute atomic E-state index is 0.0894. The molecule has 0 aliphatic heterocycles. The third kappa shape index (κ3) is 48.0. The fraction of sp³-hybridized carbons (Fsp3) is 0.764. The van der Waals surface area contributed by atoms with Crippen LogP contribution in [0.25, 0.3) is 0 Å². The largest absolute Gasteiger partial charge is 0.462 e. The van der Waals surface area contributed by atoms with E-state index in [1.165, 1.54) is 103 Å². The summed E-state index contributed by atoms with van der Waals surface area (Å²) in [6.07, 6.45) is 60.5. The quantitative estimate of drug-likeness (QED) is 0.0263. The van der Waals surface area contributed by atoms with E-state index in [2.05, 4.69) is 81.5 Å². The second-order valence-corrected chi connectivity index (χ2v) is 17.1. The van der Waals surface area contributed by atoms with Gasteiger partial charge in [-0.15, -0.1) is 0 Å². The van der Waals surface area contributed by atoms with Crippen molar-refractivity contribution in [1.29, 1.82) is 0 Å². The second kappa shape index (κ2) is 49.8. The van der Waals surface area contributed by atoms with Crippen LogP contribution < -0.4 is 0 Å². The van der Waals surface area contributed by atoms with Crippen LogP contribution in [-0.2, 0) is 28.6 Å². The van der Waals surface area contributed by atoms with E-state index in [1.807, 2.05) is 0 Å². The van der Waals surface area contributed by atoms with Crippen molar-refractivity contribution in [3.8, 4) is 0 Å². The van der Waals surface area contributed by atoms with Crippen LogP contribution >= 0.6 is 0 Å². The molecule has 0 N–H and O–H groups in total. The van der Waals surface area contributed by atoms with Crippen molar-refractivity contribution in [2.45, 2.75) is 258 Å². The van der Waals surface area contributed by atoms with Gasteiger partial charge < -0.3 is 14.2 Å². The molecule has 0 aromatic carbocycles. The highest BCUT2D eigenvalue weighted by molar-refractivity contribution is 5.71. The maximum atomic E-state index is 12.8. The van der Waals surface area contributed by atoms with Gasteiger partial charge in [-0.1, -0.05) is 184 Å². The molecule has 0 aromatic heterocycles. The minimum Gasteiger partial charge on any atom is -0.462 e. The lowest BCUT2D eigenvalue weighted by Gasteiger charge is -2.18. The molecule has 0 bridgehead atoms. The van der Waals surface area contributed by atoms with Gasteiger partial charge in [-0.2, -0.15) is 0 Å². The molecule has 0 fully saturated rings. The summed E-state index contributed by atoms with van der Waals surface area (Å²) in [5.41, 5.74) is 0. The molecule has 0 radical (unpaired) electrons. The van der Waals surface area contributed by atoms with Crippen molar-refractivity contribution >= 4 is 17.9 Å². The number of rotatable bonds is 46. The number of esters is 3. The topological polar surface area (TPSA) is 78.9 Å². The van der Waals surface area contributed by atoms with Crippen LogP contribution in [0, 0.1) is 0 Å². The highest BCUT2D eigenvalue weighted by atomic mass is 16.6. The molecule has 0 unspecified atom stereocenters. The average molecular weight is 853 g/mol. The first kappa shape index (κ1) is 58.1. The fourth-order valence-electron chi connectivity index (χ4n) is 7.03. The highest BCUT2D eigenvalue weighted by Crippen LogP contribution is 2.13. The van der Waals surface area contributed by atoms with Crippen LogP contribution in [0.3, 0.4) is 0 Å². The van der Waals surface area contributed by atoms with Crippen LogP contribution in [0.4, 0.5) is 0 Å². The molecule has 0 aromatic rings. The zero-order chi connectivity index (χ0) is 44.4. The van der Waals surface area contributed by atoms with Crippen molar-refractivity contribution in [1.82, 2.24) is 0 Å². The van der Waals surface area contributed by atoms with Gasteiger partial charge in [-0.25, -0.2) is 0 Å². The molecule has 0 heterocycles. The lowest BCUT2D eigenvalue weighted by atomic mass is 10.1. The highest BCUT2D eigenvalue weighted by Gasteiger charge is 2.19. The first-order valence-corrected chi connectivity index (χ1v) is 25.8. The van der Waals surface area contributed by atoms with Gasteiger partial charge in [0, 0.05) is 19.3 Å². The Morgan fingerprint density at radius 1 is 0.328 bits per heavy atom. The summed E-state index contributed by atoms with van der Waals surface area (Å²) in [6, 6.07) is 0. The summed E-state index contributed by atoms with van der Waals surface area (Å²) >= 11 is 0. The summed E-state index contributed by atoms with van der Waals surface area (Å²) in [4.78, 5) is 37.9. The van der Waals surface area contributed by atoms with Gasteiger partial charge in [-0.05, 0) is 109 Å². The van der Waals surface area contributed by atoms with E-state index in [0.717, 1.165) is 109 Å². The predicted molar refractivity (Wildman–Crippen MR) is 261 cm³/mol. The monoisotopic (exact) mass is 853 g/mol. The molecular weight excluding hydrogens is 757 g/mol. The zero-order valence-electron chi connectivity index (χ0n) is 40.2. The Hall–Kier alpha value is -2.89. The summed E-state index contributed by atoms with van der Waals surface area (Å²) < 4.78 is 16.8. The standard InChI is InChI=1S/C55H96O6/c1-4-7-10-13-16-19-22-25-27-30-32-35-38-41-44-47-53(56)59-50-52(61-55(58)49-46-43-40-37-34-29-24-21-18-15-12-9-6-3)51-60-54(57)48-45-42-39-36-33-31-28-26-23-20-17-14-11-8-5-2/h16-17,19-21,24-28,52H,4-15,18,22-23,29-51H2,1-3H3/b19-16-,20-17-,24-21-,27-25-,28-26-. The van der Waals surface area contributed by atoms with E-state index in [1.54, 1.807) is 0 Å². The molecule has 0 spiro atoms. The first-order chi connectivity index (χ1) is 30.0. The minimum atomic E-state index is -0.789. The summed E-state index contributed by atoms with van der Waals surface area (Å²) in [6.45, 7) is 6.54. The number of allylic oxidation sites excluding steroid dienone is 10. The van der Waals surface area contributed by atoms with Crippen LogP contribution in [-0.4, -0.2) is 37.2 Å². The molecule has 352 valence electrons. The number of hydrogen-bond donors (Lipinski definition) is 0. The maximum Gasteiger partial charge on any atom is 0.306 e. The van der Waals surface area contributed by atoms with E-state index in [4.69, 9.17) is 14.2 Å². The predicted octanol–water partition coefficient (Wildman–Crippen LogP) is 16.9. The normalized spacial score (nSPS) is 12.1. The van der Waals surface area contributed by atoms with E-state index in [-0.39, 0.29) is 31.1 Å². The Bertz CT molecular complexity index is 1060. The molecule has 6 heteroatoms. The molecular formula is C55H96O6. The molecule has 0 saturated carbocycles. The third-order valence-corrected chi connectivity index (χ3v) is 11.0. The molecule has 6 nitrogen and oxygen atoms in total. The zero-order valence-corrected chi connectivity index (χ0v) is 40.2. The Labute approximate surface area is 377 Å². The molecule has 0 amide bonds. The summed E-state index contributed by atoms with van der Waals surface area (Å²) in [5, 5.41) is 0. The van der Waals surface area contributed by atoms with Crippen LogP contribution in [0.2, 0.25) is 0 Å². The smallest absolute Gasteiger partial charge is 0.306 e. The lowest BCUT2D eigenvalue weighted by molar-refractivity contribution is -0.167. The van der Waals surface area contributed by atoms with Crippen LogP contribution in [0.15, 0.2) is 60.8 Å². The molecule has 0 aliphatic rings. The van der Waals surface area contributed by atoms with Crippen molar-refractivity contribution in [3.05, 3.63) is 60.8 Å². The van der Waals surface area contributed by atoms with Crippen LogP contribution in [0.5, 0.6) is 0 Å². The van der Waals surface area contributed by atoms with Gasteiger partial charge in [0.05, 0.1) is 0 Å². The molecule has 0 saturated heterocycles. The number of ether oxygens (including phenoxy) is 3. The number of hydrogen-bond acceptors (Lipinski definition) is 6. The Balaban J connectivity index is 4.43. The SMILES string of the molecule is CCCCC/C=C\C/C=C\CCCCCCCC(=O)OCC(COC(=O)CCCCCCC/C=C\C/C=C\CCCCC)OC(=O)CCCCCCC/C=C\CCCCCC. The van der Waals surface area contributed by atoms with Gasteiger partial charge in [0.2, 0.25) is 0 Å². The molecule has 0 rings (SSSR count). The van der Waals surface area contributed by atoms with E-state index in [0.29, 0.717) is 19.3 Å². The molecule has 0 atom stereocenters. The average Bonchev–Trinajstić information content (AvgIpc) is 3.26. The van der Waals surface area contributed by atoms with Gasteiger partial charge in [0.15, 0.2) is 6.10 Å². The van der Waals surface area contributed by atoms with Crippen molar-refractivity contribution in [2.24, 2.45) is 0 Å². The van der Waals surface area contributed by atoms with Gasteiger partial charge in [-0.3, -0.25) is 14.4 Å². The number of carbonyl (C=O) groups is 3. The van der Waals surface area contributed by atoms with E-state index >= 15 is 0 Å². The Morgan fingerprint density at radius 3 is 0.951 bits per heavy atom. The summed E-state index contributed by atoms with van der Waals surface area (Å²) in [5.74, 6) is -0.922. The van der Waals surface area contributed by atoms with Gasteiger partial charge in [0.25, 0.3) is 0 Å². The third-order valence-electron chi connectivity index (χ3n) is 11.0. The van der Waals surface area contributed by atoms with Crippen molar-refractivity contribution < 1.29 is 28.6 Å². The number of carbonyl (C=O) groups excluding carboxylic acids is 3. The van der Waals surface area contributed by atoms with Gasteiger partial charge >= 0.3 is 17.9 Å². The molecule has 0 aliphatic carbocycles. The van der Waals surface area contributed by atoms with Crippen LogP contribution in [0.1, 0.15) is 252 Å². The van der Waals surface area contributed by atoms with Crippen molar-refractivity contribution in [2.75, 3.05) is 13.2 Å². The lowest BCUT2D eigenvalue weighted by Crippen LogP contribution is -2.30. The van der Waals surface area contributed by atoms with Crippen molar-refractivity contribution in [3.63, 3.8) is 0 Å². The Kier molecular flexibility index (Phi) is 47.4. The number of unbranched alkanes of at least 4 members (excludes halogenated alkanes) is 25. The van der Waals surface area contributed by atoms with Gasteiger partial charge in [0.1, 0.15) is 13.2 Å². The Morgan fingerprint density at radius 2 is 0.590 bits per heavy atom. The van der Waals surface area contributed by atoms with E-state index < -0.39 is 6.10 Å². The fourth-order valence-corrected chi connectivity index (χ4v) is 7.03. The maximum absolute atomic E-state index is 12.8. The van der Waals surface area contributed by atoms with E-state index in [9.17, 15) is 14.4 Å². The summed E-state index contributed by atoms with van der Waals surface area (Å²) in [7, 11) is 0. The molecule has 61 heavy (non-hydrogen) atoms.